The molecule has 0 aromatic heterocycles. The van der Waals surface area contributed by atoms with Gasteiger partial charge in [0, 0.05) is 17.3 Å². The van der Waals surface area contributed by atoms with Crippen LogP contribution in [0.2, 0.25) is 0 Å². The zero-order valence-electron chi connectivity index (χ0n) is 29.4. The van der Waals surface area contributed by atoms with Gasteiger partial charge in [-0.1, -0.05) is 65.8 Å². The summed E-state index contributed by atoms with van der Waals surface area (Å²) < 4.78 is 0. The SMILES string of the molecule is C=C1CCC[C@@H]2[C@@](C)(CC3=CC(=O)C=C(Nc4ccc(O)c(C[C@@]5(C)[C@H](C)CC[C@]6(C)C(=C)CCC[C@H]56)c4)C3=O)[C@H](C)CC[C@]12C. The molecule has 1 aromatic carbocycles. The van der Waals surface area contributed by atoms with Crippen LogP contribution in [0.4, 0.5) is 5.69 Å². The number of rotatable bonds is 6. The molecule has 46 heavy (non-hydrogen) atoms. The van der Waals surface area contributed by atoms with Crippen molar-refractivity contribution in [2.24, 2.45) is 45.3 Å². The molecule has 0 spiro atoms. The molecule has 1 aromatic rings. The Morgan fingerprint density at radius 2 is 1.35 bits per heavy atom. The van der Waals surface area contributed by atoms with Crippen molar-refractivity contribution in [2.75, 3.05) is 5.32 Å². The lowest BCUT2D eigenvalue weighted by atomic mass is 9.46. The maximum Gasteiger partial charge on any atom is 0.205 e. The highest BCUT2D eigenvalue weighted by atomic mass is 16.3. The molecule has 0 saturated heterocycles. The van der Waals surface area contributed by atoms with Crippen LogP contribution in [0, 0.1) is 45.3 Å². The minimum Gasteiger partial charge on any atom is -0.508 e. The average Bonchev–Trinajstić information content (AvgIpc) is 3.00. The van der Waals surface area contributed by atoms with E-state index in [1.807, 2.05) is 12.1 Å². The predicted octanol–water partition coefficient (Wildman–Crippen LogP) is 10.3. The third-order valence-corrected chi connectivity index (χ3v) is 14.8. The zero-order valence-corrected chi connectivity index (χ0v) is 29.4. The monoisotopic (exact) mass is 623 g/mol. The number of carbonyl (C=O) groups excluding carboxylic acids is 2. The number of fused-ring (bicyclic) bond motifs is 2. The lowest BCUT2D eigenvalue weighted by molar-refractivity contribution is -0.116. The van der Waals surface area contributed by atoms with Crippen LogP contribution in [0.25, 0.3) is 0 Å². The van der Waals surface area contributed by atoms with Gasteiger partial charge in [0.15, 0.2) is 5.78 Å². The van der Waals surface area contributed by atoms with Gasteiger partial charge in [-0.25, -0.2) is 0 Å². The second-order valence-electron chi connectivity index (χ2n) is 17.1. The summed E-state index contributed by atoms with van der Waals surface area (Å²) in [4.78, 5) is 27.2. The highest BCUT2D eigenvalue weighted by Crippen LogP contribution is 2.64. The molecular formula is C42H57NO3. The topological polar surface area (TPSA) is 66.4 Å². The zero-order chi connectivity index (χ0) is 33.2. The van der Waals surface area contributed by atoms with Crippen LogP contribution in [0.1, 0.15) is 118 Å². The first-order valence-corrected chi connectivity index (χ1v) is 18.1. The summed E-state index contributed by atoms with van der Waals surface area (Å²) in [7, 11) is 0. The summed E-state index contributed by atoms with van der Waals surface area (Å²) in [5.41, 5.74) is 5.50. The van der Waals surface area contributed by atoms with E-state index in [-0.39, 0.29) is 39.0 Å². The van der Waals surface area contributed by atoms with E-state index < -0.39 is 0 Å². The van der Waals surface area contributed by atoms with Crippen LogP contribution in [0.3, 0.4) is 0 Å². The molecule has 0 aliphatic heterocycles. The highest BCUT2D eigenvalue weighted by Gasteiger charge is 2.55. The molecule has 0 heterocycles. The van der Waals surface area contributed by atoms with E-state index >= 15 is 0 Å². The van der Waals surface area contributed by atoms with Gasteiger partial charge in [0.2, 0.25) is 5.78 Å². The summed E-state index contributed by atoms with van der Waals surface area (Å²) in [5.74, 6) is 2.00. The molecular weight excluding hydrogens is 566 g/mol. The maximum absolute atomic E-state index is 14.1. The van der Waals surface area contributed by atoms with Gasteiger partial charge in [-0.15, -0.1) is 0 Å². The smallest absolute Gasteiger partial charge is 0.205 e. The number of aromatic hydroxyl groups is 1. The number of ketones is 2. The molecule has 4 nitrogen and oxygen atoms in total. The molecule has 4 saturated carbocycles. The van der Waals surface area contributed by atoms with Crippen molar-refractivity contribution in [2.45, 2.75) is 119 Å². The number of phenols is 1. The minimum absolute atomic E-state index is 0.0172. The van der Waals surface area contributed by atoms with Crippen molar-refractivity contribution in [3.8, 4) is 5.75 Å². The van der Waals surface area contributed by atoms with E-state index in [0.717, 1.165) is 62.6 Å². The number of allylic oxidation sites excluding steroid dienone is 5. The molecule has 0 radical (unpaired) electrons. The van der Waals surface area contributed by atoms with E-state index in [1.165, 1.54) is 36.5 Å². The van der Waals surface area contributed by atoms with E-state index in [0.29, 0.717) is 41.4 Å². The van der Waals surface area contributed by atoms with Gasteiger partial charge >= 0.3 is 0 Å². The van der Waals surface area contributed by atoms with Crippen molar-refractivity contribution in [1.82, 2.24) is 0 Å². The Hall–Kier alpha value is -2.88. The van der Waals surface area contributed by atoms with E-state index in [9.17, 15) is 14.7 Å². The Morgan fingerprint density at radius 1 is 0.804 bits per heavy atom. The first-order chi connectivity index (χ1) is 21.6. The van der Waals surface area contributed by atoms with E-state index in [2.05, 4.69) is 60.0 Å². The van der Waals surface area contributed by atoms with Gasteiger partial charge in [0.1, 0.15) is 5.75 Å². The Balaban J connectivity index is 1.23. The summed E-state index contributed by atoms with van der Waals surface area (Å²) >= 11 is 0. The first kappa shape index (κ1) is 33.0. The summed E-state index contributed by atoms with van der Waals surface area (Å²) in [6.45, 7) is 23.3. The first-order valence-electron chi connectivity index (χ1n) is 18.1. The largest absolute Gasteiger partial charge is 0.508 e. The molecule has 248 valence electrons. The van der Waals surface area contributed by atoms with Crippen LogP contribution >= 0.6 is 0 Å². The van der Waals surface area contributed by atoms with Crippen LogP contribution in [-0.2, 0) is 16.0 Å². The molecule has 0 amide bonds. The van der Waals surface area contributed by atoms with Crippen molar-refractivity contribution in [1.29, 1.82) is 0 Å². The number of phenolic OH excluding ortho intramolecular Hbond substituents is 1. The Bertz CT molecular complexity index is 1530. The van der Waals surface area contributed by atoms with Gasteiger partial charge < -0.3 is 10.4 Å². The maximum atomic E-state index is 14.1. The molecule has 2 N–H and O–H groups in total. The molecule has 5 aliphatic carbocycles. The van der Waals surface area contributed by atoms with Crippen LogP contribution < -0.4 is 5.32 Å². The molecule has 5 aliphatic rings. The quantitative estimate of drug-likeness (QED) is 0.188. The van der Waals surface area contributed by atoms with E-state index in [1.54, 1.807) is 12.1 Å². The Kier molecular flexibility index (Phi) is 8.38. The van der Waals surface area contributed by atoms with Crippen molar-refractivity contribution in [3.05, 3.63) is 71.5 Å². The normalized spacial score (nSPS) is 39.7. The Morgan fingerprint density at radius 3 is 1.91 bits per heavy atom. The number of carbonyl (C=O) groups is 2. The van der Waals surface area contributed by atoms with Gasteiger partial charge in [-0.2, -0.15) is 0 Å². The lowest BCUT2D eigenvalue weighted by Crippen LogP contribution is -2.51. The van der Waals surface area contributed by atoms with Gasteiger partial charge in [-0.3, -0.25) is 9.59 Å². The summed E-state index contributed by atoms with van der Waals surface area (Å²) in [5, 5.41) is 14.4. The van der Waals surface area contributed by atoms with Crippen molar-refractivity contribution < 1.29 is 14.7 Å². The number of Topliss-reactive ketones (excluding diaryl/α,β-unsaturated/α-hetero) is 1. The Labute approximate surface area is 277 Å². The van der Waals surface area contributed by atoms with Gasteiger partial charge in [0.25, 0.3) is 0 Å². The third kappa shape index (κ3) is 5.27. The number of hydrogen-bond donors (Lipinski definition) is 2. The van der Waals surface area contributed by atoms with Gasteiger partial charge in [-0.05, 0) is 152 Å². The molecule has 4 heteroatoms. The number of anilines is 1. The summed E-state index contributed by atoms with van der Waals surface area (Å²) in [6, 6.07) is 5.55. The standard InChI is InChI=1S/C42H57NO3/c1-26-11-9-13-36-39(26,5)19-17-28(3)41(36,7)24-30-21-32(15-16-35(30)45)43-34-23-33(44)22-31(38(34)46)25-42(8)29(4)18-20-40(6)27(2)12-10-14-37(40)42/h15-16,21-23,28-29,36-37,43,45H,1-2,9-14,17-20,24-25H2,3-8H3/t28-,29-,36+,37+,39-,40-,41+,42+/m1/s1. The molecule has 8 atom stereocenters. The number of nitrogens with one attached hydrogen (secondary N) is 1. The van der Waals surface area contributed by atoms with Crippen LogP contribution in [0.15, 0.2) is 65.9 Å². The number of benzene rings is 1. The van der Waals surface area contributed by atoms with Crippen molar-refractivity contribution in [3.63, 3.8) is 0 Å². The van der Waals surface area contributed by atoms with Gasteiger partial charge in [0.05, 0.1) is 5.70 Å². The highest BCUT2D eigenvalue weighted by molar-refractivity contribution is 6.21. The molecule has 0 bridgehead atoms. The fourth-order valence-corrected chi connectivity index (χ4v) is 11.2. The molecule has 6 rings (SSSR count). The third-order valence-electron chi connectivity index (χ3n) is 14.8. The van der Waals surface area contributed by atoms with E-state index in [4.69, 9.17) is 0 Å². The fraction of sp³-hybridized carbons (Fsp3) is 0.619. The molecule has 0 unspecified atom stereocenters. The van der Waals surface area contributed by atoms with Crippen molar-refractivity contribution >= 4 is 17.3 Å². The molecule has 4 fully saturated rings. The lowest BCUT2D eigenvalue weighted by Gasteiger charge is -2.59. The minimum atomic E-state index is -0.140. The average molecular weight is 624 g/mol. The number of hydrogen-bond acceptors (Lipinski definition) is 4. The van der Waals surface area contributed by atoms with Crippen LogP contribution in [0.5, 0.6) is 5.75 Å². The van der Waals surface area contributed by atoms with Crippen LogP contribution in [-0.4, -0.2) is 16.7 Å². The predicted molar refractivity (Wildman–Crippen MR) is 188 cm³/mol. The summed E-state index contributed by atoms with van der Waals surface area (Å²) in [6.07, 6.45) is 15.9. The fourth-order valence-electron chi connectivity index (χ4n) is 11.2. The second kappa shape index (κ2) is 11.7. The second-order valence-corrected chi connectivity index (χ2v) is 17.1.